The third-order valence-corrected chi connectivity index (χ3v) is 5.72. The first-order valence-corrected chi connectivity index (χ1v) is 9.21. The molecule has 0 radical (unpaired) electrons. The SMILES string of the molecule is CCN1C(=O)C(=C2Oc3ccc(-c4ccccc4)cc3N2C)SC1=S. The van der Waals surface area contributed by atoms with Crippen molar-refractivity contribution in [2.75, 3.05) is 18.5 Å². The minimum absolute atomic E-state index is 0.0876. The second-order valence-corrected chi connectivity index (χ2v) is 7.41. The van der Waals surface area contributed by atoms with Gasteiger partial charge < -0.3 is 9.64 Å². The van der Waals surface area contributed by atoms with Crippen LogP contribution in [0.4, 0.5) is 5.69 Å². The molecule has 0 aromatic heterocycles. The number of hydrogen-bond acceptors (Lipinski definition) is 5. The largest absolute Gasteiger partial charge is 0.437 e. The number of thiocarbonyl (C=S) groups is 1. The lowest BCUT2D eigenvalue weighted by molar-refractivity contribution is -0.122. The molecular formula is C19H16N2O2S2. The van der Waals surface area contributed by atoms with Crippen molar-refractivity contribution in [1.82, 2.24) is 4.90 Å². The fraction of sp³-hybridized carbons (Fsp3) is 0.158. The van der Waals surface area contributed by atoms with Gasteiger partial charge in [0.25, 0.3) is 5.91 Å². The van der Waals surface area contributed by atoms with Crippen molar-refractivity contribution in [1.29, 1.82) is 0 Å². The van der Waals surface area contributed by atoms with Crippen LogP contribution in [0.2, 0.25) is 0 Å². The van der Waals surface area contributed by atoms with Crippen LogP contribution in [0.15, 0.2) is 59.3 Å². The van der Waals surface area contributed by atoms with E-state index in [0.717, 1.165) is 22.6 Å². The summed E-state index contributed by atoms with van der Waals surface area (Å²) in [6, 6.07) is 16.2. The predicted octanol–water partition coefficient (Wildman–Crippen LogP) is 4.23. The first-order valence-electron chi connectivity index (χ1n) is 7.99. The number of carbonyl (C=O) groups excluding carboxylic acids is 1. The van der Waals surface area contributed by atoms with Crippen LogP contribution < -0.4 is 9.64 Å². The molecule has 126 valence electrons. The minimum Gasteiger partial charge on any atom is -0.437 e. The van der Waals surface area contributed by atoms with Gasteiger partial charge in [-0.3, -0.25) is 9.69 Å². The molecule has 2 aromatic rings. The van der Waals surface area contributed by atoms with Crippen molar-refractivity contribution < 1.29 is 9.53 Å². The summed E-state index contributed by atoms with van der Waals surface area (Å²) < 4.78 is 6.56. The number of thioether (sulfide) groups is 1. The van der Waals surface area contributed by atoms with Crippen LogP contribution in [0.3, 0.4) is 0 Å². The van der Waals surface area contributed by atoms with Gasteiger partial charge in [-0.2, -0.15) is 0 Å². The number of hydrogen-bond donors (Lipinski definition) is 0. The van der Waals surface area contributed by atoms with Gasteiger partial charge in [-0.1, -0.05) is 48.6 Å². The van der Waals surface area contributed by atoms with Crippen LogP contribution in [0, 0.1) is 0 Å². The second-order valence-electron chi connectivity index (χ2n) is 5.76. The van der Waals surface area contributed by atoms with Crippen molar-refractivity contribution in [3.63, 3.8) is 0 Å². The highest BCUT2D eigenvalue weighted by atomic mass is 32.2. The summed E-state index contributed by atoms with van der Waals surface area (Å²) in [5.74, 6) is 1.21. The third-order valence-electron chi connectivity index (χ3n) is 4.30. The molecular weight excluding hydrogens is 352 g/mol. The van der Waals surface area contributed by atoms with Crippen molar-refractivity contribution in [3.05, 3.63) is 59.3 Å². The van der Waals surface area contributed by atoms with E-state index in [4.69, 9.17) is 17.0 Å². The molecule has 0 bridgehead atoms. The third kappa shape index (κ3) is 2.62. The number of likely N-dealkylation sites (N-methyl/N-ethyl adjacent to an activating group) is 1. The summed E-state index contributed by atoms with van der Waals surface area (Å²) in [5, 5.41) is 0. The monoisotopic (exact) mass is 368 g/mol. The van der Waals surface area contributed by atoms with Crippen LogP contribution in [0.5, 0.6) is 5.75 Å². The molecule has 2 aromatic carbocycles. The second kappa shape index (κ2) is 6.20. The Morgan fingerprint density at radius 1 is 1.12 bits per heavy atom. The highest BCUT2D eigenvalue weighted by molar-refractivity contribution is 8.26. The maximum atomic E-state index is 12.6. The Labute approximate surface area is 156 Å². The molecule has 25 heavy (non-hydrogen) atoms. The van der Waals surface area contributed by atoms with Gasteiger partial charge in [-0.15, -0.1) is 0 Å². The summed E-state index contributed by atoms with van der Waals surface area (Å²) in [6.07, 6.45) is 0. The molecule has 0 spiro atoms. The zero-order valence-electron chi connectivity index (χ0n) is 13.9. The quantitative estimate of drug-likeness (QED) is 0.585. The standard InChI is InChI=1S/C19H16N2O2S2/c1-3-21-17(22)16(25-19(21)24)18-20(2)14-11-13(9-10-15(14)23-18)12-7-5-4-6-8-12/h4-11H,3H2,1-2H3. The van der Waals surface area contributed by atoms with Gasteiger partial charge in [0.05, 0.1) is 5.69 Å². The molecule has 6 heteroatoms. The van der Waals surface area contributed by atoms with Gasteiger partial charge in [-0.25, -0.2) is 0 Å². The fourth-order valence-corrected chi connectivity index (χ4v) is 4.38. The van der Waals surface area contributed by atoms with E-state index >= 15 is 0 Å². The number of fused-ring (bicyclic) bond motifs is 1. The Balaban J connectivity index is 1.73. The van der Waals surface area contributed by atoms with Crippen LogP contribution in [0.1, 0.15) is 6.92 Å². The molecule has 1 saturated heterocycles. The van der Waals surface area contributed by atoms with E-state index in [1.165, 1.54) is 11.8 Å². The van der Waals surface area contributed by atoms with Crippen molar-refractivity contribution in [2.45, 2.75) is 6.92 Å². The minimum atomic E-state index is -0.0876. The number of benzene rings is 2. The molecule has 0 aliphatic carbocycles. The van der Waals surface area contributed by atoms with Crippen LogP contribution in [0.25, 0.3) is 11.1 Å². The summed E-state index contributed by atoms with van der Waals surface area (Å²) >= 11 is 6.60. The van der Waals surface area contributed by atoms with Crippen molar-refractivity contribution in [2.24, 2.45) is 0 Å². The van der Waals surface area contributed by atoms with Crippen LogP contribution in [-0.4, -0.2) is 28.7 Å². The number of amides is 1. The van der Waals surface area contributed by atoms with Crippen molar-refractivity contribution >= 4 is 39.9 Å². The first kappa shape index (κ1) is 16.2. The Bertz CT molecular complexity index is 909. The van der Waals surface area contributed by atoms with Crippen LogP contribution in [-0.2, 0) is 4.79 Å². The van der Waals surface area contributed by atoms with Gasteiger partial charge in [-0.05, 0) is 41.9 Å². The van der Waals surface area contributed by atoms with Crippen molar-refractivity contribution in [3.8, 4) is 16.9 Å². The number of nitrogens with zero attached hydrogens (tertiary/aromatic N) is 2. The van der Waals surface area contributed by atoms with E-state index in [1.54, 1.807) is 4.90 Å². The molecule has 0 atom stereocenters. The summed E-state index contributed by atoms with van der Waals surface area (Å²) in [6.45, 7) is 2.48. The smallest absolute Gasteiger partial charge is 0.271 e. The van der Waals surface area contributed by atoms with E-state index in [9.17, 15) is 4.79 Å². The Kier molecular flexibility index (Phi) is 4.01. The Morgan fingerprint density at radius 2 is 1.88 bits per heavy atom. The molecule has 2 aliphatic rings. The van der Waals surface area contributed by atoms with Crippen LogP contribution >= 0.6 is 24.0 Å². The number of carbonyl (C=O) groups is 1. The average Bonchev–Trinajstić information content (AvgIpc) is 3.11. The molecule has 2 aliphatic heterocycles. The van der Waals surface area contributed by atoms with E-state index in [0.29, 0.717) is 21.7 Å². The fourth-order valence-electron chi connectivity index (χ4n) is 2.96. The number of anilines is 1. The maximum Gasteiger partial charge on any atom is 0.271 e. The summed E-state index contributed by atoms with van der Waals surface area (Å²) in [5.41, 5.74) is 3.19. The van der Waals surface area contributed by atoms with E-state index < -0.39 is 0 Å². The molecule has 1 amide bonds. The normalized spacial score (nSPS) is 19.4. The number of rotatable bonds is 2. The van der Waals surface area contributed by atoms with Gasteiger partial charge in [0.1, 0.15) is 9.23 Å². The lowest BCUT2D eigenvalue weighted by atomic mass is 10.0. The molecule has 2 heterocycles. The van der Waals surface area contributed by atoms with Gasteiger partial charge in [0, 0.05) is 13.6 Å². The predicted molar refractivity (Wildman–Crippen MR) is 106 cm³/mol. The molecule has 0 saturated carbocycles. The maximum absolute atomic E-state index is 12.6. The number of ether oxygens (including phenoxy) is 1. The molecule has 0 unspecified atom stereocenters. The van der Waals surface area contributed by atoms with E-state index in [1.807, 2.05) is 49.2 Å². The van der Waals surface area contributed by atoms with E-state index in [-0.39, 0.29) is 5.91 Å². The molecule has 4 nitrogen and oxygen atoms in total. The lowest BCUT2D eigenvalue weighted by Gasteiger charge is -2.14. The van der Waals surface area contributed by atoms with Gasteiger partial charge in [0.15, 0.2) is 5.75 Å². The highest BCUT2D eigenvalue weighted by Gasteiger charge is 2.38. The summed E-state index contributed by atoms with van der Waals surface area (Å²) in [7, 11) is 1.91. The van der Waals surface area contributed by atoms with Gasteiger partial charge in [0.2, 0.25) is 5.88 Å². The van der Waals surface area contributed by atoms with Gasteiger partial charge >= 0.3 is 0 Å². The molecule has 0 N–H and O–H groups in total. The topological polar surface area (TPSA) is 32.8 Å². The summed E-state index contributed by atoms with van der Waals surface area (Å²) in [4.78, 5) is 16.6. The lowest BCUT2D eigenvalue weighted by Crippen LogP contribution is -2.28. The Morgan fingerprint density at radius 3 is 2.56 bits per heavy atom. The highest BCUT2D eigenvalue weighted by Crippen LogP contribution is 2.44. The zero-order chi connectivity index (χ0) is 17.6. The Hall–Kier alpha value is -2.31. The average molecular weight is 368 g/mol. The van der Waals surface area contributed by atoms with E-state index in [2.05, 4.69) is 18.2 Å². The molecule has 1 fully saturated rings. The first-order chi connectivity index (χ1) is 12.1. The molecule has 4 rings (SSSR count). The zero-order valence-corrected chi connectivity index (χ0v) is 15.5.